The third-order valence-corrected chi connectivity index (χ3v) is 3.99. The Balaban J connectivity index is 2.10. The van der Waals surface area contributed by atoms with Crippen molar-refractivity contribution in [3.8, 4) is 0 Å². The van der Waals surface area contributed by atoms with Crippen molar-refractivity contribution in [1.29, 1.82) is 0 Å². The van der Waals surface area contributed by atoms with Crippen LogP contribution in [0.5, 0.6) is 0 Å². The Hall–Kier alpha value is -2.14. The molecule has 0 amide bonds. The minimum Gasteiger partial charge on any atom is -0.357 e. The highest BCUT2D eigenvalue weighted by Gasteiger charge is 2.09. The lowest BCUT2D eigenvalue weighted by Crippen LogP contribution is -1.98. The molecule has 0 aliphatic carbocycles. The summed E-state index contributed by atoms with van der Waals surface area (Å²) >= 11 is 1.57. The van der Waals surface area contributed by atoms with Crippen LogP contribution in [-0.4, -0.2) is 22.0 Å². The third-order valence-electron chi connectivity index (χ3n) is 3.07. The number of rotatable bonds is 3. The molecule has 0 fully saturated rings. The number of nitrogens with zero attached hydrogens (tertiary/aromatic N) is 3. The number of pyridine rings is 1. The van der Waals surface area contributed by atoms with Crippen molar-refractivity contribution in [2.45, 2.75) is 23.9 Å². The van der Waals surface area contributed by atoms with E-state index in [4.69, 9.17) is 0 Å². The smallest absolute Gasteiger partial charge is 0.224 e. The lowest BCUT2D eigenvalue weighted by atomic mass is 10.2. The predicted octanol–water partition coefficient (Wildman–Crippen LogP) is 3.83. The van der Waals surface area contributed by atoms with Gasteiger partial charge < -0.3 is 5.32 Å². The maximum absolute atomic E-state index is 4.57. The normalized spacial score (nSPS) is 10.8. The number of aromatic nitrogens is 3. The fraction of sp³-hybridized carbons (Fsp3) is 0.188. The van der Waals surface area contributed by atoms with E-state index in [-0.39, 0.29) is 0 Å². The summed E-state index contributed by atoms with van der Waals surface area (Å²) in [6.07, 6.45) is 0. The van der Waals surface area contributed by atoms with Gasteiger partial charge in [0.05, 0.1) is 5.52 Å². The molecule has 0 aliphatic rings. The summed E-state index contributed by atoms with van der Waals surface area (Å²) in [7, 11) is 1.83. The van der Waals surface area contributed by atoms with Crippen molar-refractivity contribution in [3.63, 3.8) is 0 Å². The zero-order valence-corrected chi connectivity index (χ0v) is 13.0. The van der Waals surface area contributed by atoms with Crippen LogP contribution >= 0.6 is 11.8 Å². The minimum absolute atomic E-state index is 0.626. The van der Waals surface area contributed by atoms with Crippen LogP contribution in [0.3, 0.4) is 0 Å². The summed E-state index contributed by atoms with van der Waals surface area (Å²) in [5.41, 5.74) is 3.16. The molecular weight excluding hydrogens is 280 g/mol. The molecule has 0 bridgehead atoms. The Kier molecular flexibility index (Phi) is 3.75. The van der Waals surface area contributed by atoms with Gasteiger partial charge in [-0.2, -0.15) is 0 Å². The van der Waals surface area contributed by atoms with Crippen LogP contribution in [-0.2, 0) is 0 Å². The number of anilines is 1. The number of hydrogen-bond acceptors (Lipinski definition) is 5. The van der Waals surface area contributed by atoms with Crippen LogP contribution in [0.4, 0.5) is 5.95 Å². The van der Waals surface area contributed by atoms with Crippen LogP contribution in [0.25, 0.3) is 10.9 Å². The summed E-state index contributed by atoms with van der Waals surface area (Å²) in [4.78, 5) is 13.6. The molecule has 4 nitrogen and oxygen atoms in total. The largest absolute Gasteiger partial charge is 0.357 e. The molecule has 0 saturated carbocycles. The van der Waals surface area contributed by atoms with E-state index in [1.54, 1.807) is 11.8 Å². The van der Waals surface area contributed by atoms with Crippen LogP contribution in [0.2, 0.25) is 0 Å². The van der Waals surface area contributed by atoms with Crippen LogP contribution in [0.15, 0.2) is 46.5 Å². The molecular formula is C16H16N4S. The first-order chi connectivity index (χ1) is 10.2. The second kappa shape index (κ2) is 5.69. The Labute approximate surface area is 128 Å². The first kappa shape index (κ1) is 13.8. The number of fused-ring (bicyclic) bond motifs is 1. The molecule has 21 heavy (non-hydrogen) atoms. The van der Waals surface area contributed by atoms with Crippen molar-refractivity contribution >= 4 is 28.6 Å². The van der Waals surface area contributed by atoms with Gasteiger partial charge in [-0.15, -0.1) is 0 Å². The molecule has 0 atom stereocenters. The molecule has 3 rings (SSSR count). The van der Waals surface area contributed by atoms with Gasteiger partial charge >= 0.3 is 0 Å². The van der Waals surface area contributed by atoms with Gasteiger partial charge in [-0.1, -0.05) is 18.2 Å². The lowest BCUT2D eigenvalue weighted by Gasteiger charge is -2.08. The molecule has 3 aromatic rings. The van der Waals surface area contributed by atoms with Gasteiger partial charge in [0.25, 0.3) is 0 Å². The molecule has 0 saturated heterocycles. The highest BCUT2D eigenvalue weighted by molar-refractivity contribution is 7.99. The SMILES string of the molecule is CNc1nc(Sc2cc(C)cc(C)n2)c2ccccc2n1. The Morgan fingerprint density at radius 1 is 1.00 bits per heavy atom. The number of hydrogen-bond donors (Lipinski definition) is 1. The van der Waals surface area contributed by atoms with Gasteiger partial charge in [-0.3, -0.25) is 0 Å². The van der Waals surface area contributed by atoms with E-state index >= 15 is 0 Å². The molecule has 0 spiro atoms. The van der Waals surface area contributed by atoms with Crippen LogP contribution < -0.4 is 5.32 Å². The summed E-state index contributed by atoms with van der Waals surface area (Å²) in [6.45, 7) is 4.09. The number of para-hydroxylation sites is 1. The predicted molar refractivity (Wildman–Crippen MR) is 86.9 cm³/mol. The maximum Gasteiger partial charge on any atom is 0.224 e. The zero-order chi connectivity index (χ0) is 14.8. The van der Waals surface area contributed by atoms with Crippen molar-refractivity contribution in [2.24, 2.45) is 0 Å². The quantitative estimate of drug-likeness (QED) is 0.744. The topological polar surface area (TPSA) is 50.7 Å². The van der Waals surface area contributed by atoms with Crippen molar-refractivity contribution in [3.05, 3.63) is 47.7 Å². The van der Waals surface area contributed by atoms with E-state index in [0.29, 0.717) is 5.95 Å². The first-order valence-electron chi connectivity index (χ1n) is 6.73. The molecule has 5 heteroatoms. The highest BCUT2D eigenvalue weighted by Crippen LogP contribution is 2.31. The fourth-order valence-electron chi connectivity index (χ4n) is 2.19. The van der Waals surface area contributed by atoms with Gasteiger partial charge in [0.1, 0.15) is 10.1 Å². The van der Waals surface area contributed by atoms with E-state index in [0.717, 1.165) is 26.6 Å². The number of benzene rings is 1. The fourth-order valence-corrected chi connectivity index (χ4v) is 3.24. The molecule has 2 heterocycles. The van der Waals surface area contributed by atoms with Gasteiger partial charge in [0.2, 0.25) is 5.95 Å². The first-order valence-corrected chi connectivity index (χ1v) is 7.55. The van der Waals surface area contributed by atoms with Gasteiger partial charge in [0, 0.05) is 18.1 Å². The van der Waals surface area contributed by atoms with Crippen LogP contribution in [0.1, 0.15) is 11.3 Å². The van der Waals surface area contributed by atoms with E-state index in [9.17, 15) is 0 Å². The zero-order valence-electron chi connectivity index (χ0n) is 12.2. The lowest BCUT2D eigenvalue weighted by molar-refractivity contribution is 1.03. The number of aryl methyl sites for hydroxylation is 2. The standard InChI is InChI=1S/C16H16N4S/c1-10-8-11(2)18-14(9-10)21-15-12-6-4-5-7-13(12)19-16(17-3)20-15/h4-9H,1-3H3,(H,17,19,20). The maximum atomic E-state index is 4.57. The molecule has 1 N–H and O–H groups in total. The second-order valence-electron chi connectivity index (χ2n) is 4.85. The van der Waals surface area contributed by atoms with E-state index in [1.807, 2.05) is 38.2 Å². The monoisotopic (exact) mass is 296 g/mol. The average molecular weight is 296 g/mol. The Bertz CT molecular complexity index is 781. The van der Waals surface area contributed by atoms with E-state index < -0.39 is 0 Å². The Morgan fingerprint density at radius 2 is 1.81 bits per heavy atom. The van der Waals surface area contributed by atoms with Gasteiger partial charge in [-0.25, -0.2) is 15.0 Å². The third kappa shape index (κ3) is 2.97. The molecule has 1 aromatic carbocycles. The summed E-state index contributed by atoms with van der Waals surface area (Å²) in [6, 6.07) is 12.2. The minimum atomic E-state index is 0.626. The summed E-state index contributed by atoms with van der Waals surface area (Å²) in [5, 5.41) is 5.93. The molecule has 106 valence electrons. The van der Waals surface area contributed by atoms with Crippen molar-refractivity contribution < 1.29 is 0 Å². The van der Waals surface area contributed by atoms with Gasteiger partial charge in [0.15, 0.2) is 0 Å². The molecule has 0 radical (unpaired) electrons. The summed E-state index contributed by atoms with van der Waals surface area (Å²) in [5.74, 6) is 0.626. The van der Waals surface area contributed by atoms with Crippen molar-refractivity contribution in [1.82, 2.24) is 15.0 Å². The highest BCUT2D eigenvalue weighted by atomic mass is 32.2. The Morgan fingerprint density at radius 3 is 2.57 bits per heavy atom. The van der Waals surface area contributed by atoms with Crippen molar-refractivity contribution in [2.75, 3.05) is 12.4 Å². The molecule has 2 aromatic heterocycles. The number of nitrogens with one attached hydrogen (secondary N) is 1. The van der Waals surface area contributed by atoms with E-state index in [2.05, 4.69) is 39.3 Å². The van der Waals surface area contributed by atoms with Crippen LogP contribution in [0, 0.1) is 13.8 Å². The van der Waals surface area contributed by atoms with E-state index in [1.165, 1.54) is 5.56 Å². The molecule has 0 unspecified atom stereocenters. The average Bonchev–Trinajstić information content (AvgIpc) is 2.46. The summed E-state index contributed by atoms with van der Waals surface area (Å²) < 4.78 is 0. The second-order valence-corrected chi connectivity index (χ2v) is 5.85. The molecule has 0 aliphatic heterocycles. The van der Waals surface area contributed by atoms with Gasteiger partial charge in [-0.05, 0) is 49.4 Å².